The minimum absolute atomic E-state index is 0.410. The quantitative estimate of drug-likeness (QED) is 0.380. The second-order valence-corrected chi connectivity index (χ2v) is 3.31. The van der Waals surface area contributed by atoms with Crippen LogP contribution in [0.4, 0.5) is 0 Å². The van der Waals surface area contributed by atoms with Gasteiger partial charge in [-0.2, -0.15) is 0 Å². The maximum atomic E-state index is 4.96. The van der Waals surface area contributed by atoms with E-state index in [1.165, 1.54) is 0 Å². The first-order valence-electron chi connectivity index (χ1n) is 0.655. The highest BCUT2D eigenvalue weighted by molar-refractivity contribution is 9.10. The van der Waals surface area contributed by atoms with Gasteiger partial charge in [-0.15, -0.1) is 0 Å². The summed E-state index contributed by atoms with van der Waals surface area (Å²) in [6.45, 7) is 0. The lowest BCUT2D eigenvalue weighted by Gasteiger charge is -1.69. The summed E-state index contributed by atoms with van der Waals surface area (Å²) >= 11 is 12.7. The van der Waals surface area contributed by atoms with Gasteiger partial charge in [0.15, 0.2) is 3.75 Å². The molecule has 4 heavy (non-hydrogen) atoms. The van der Waals surface area contributed by atoms with Gasteiger partial charge in [0.25, 0.3) is 0 Å². The van der Waals surface area contributed by atoms with E-state index in [9.17, 15) is 0 Å². The van der Waals surface area contributed by atoms with Gasteiger partial charge in [-0.25, -0.2) is 0 Å². The van der Waals surface area contributed by atoms with Crippen LogP contribution in [-0.2, 0) is 0 Å². The van der Waals surface area contributed by atoms with Crippen LogP contribution in [-0.4, -0.2) is 3.75 Å². The van der Waals surface area contributed by atoms with Gasteiger partial charge in [-0.3, -0.25) is 0 Å². The van der Waals surface area contributed by atoms with Crippen LogP contribution in [0.5, 0.6) is 0 Å². The minimum atomic E-state index is -0.410. The summed E-state index contributed by atoms with van der Waals surface area (Å²) in [6.07, 6.45) is 0. The third kappa shape index (κ3) is 11.6. The fraction of sp³-hybridized carbons (Fsp3) is 1.00. The van der Waals surface area contributed by atoms with Crippen molar-refractivity contribution in [3.8, 4) is 0 Å². The molecule has 0 fully saturated rings. The predicted octanol–water partition coefficient (Wildman–Crippen LogP) is 2.14. The maximum absolute atomic E-state index is 4.96. The predicted molar refractivity (Wildman–Crippen MR) is 24.4 cm³/mol. The Labute approximate surface area is 43.2 Å². The lowest BCUT2D eigenvalue weighted by atomic mass is 12.9. The first-order valence-corrected chi connectivity index (χ1v) is 2.44. The summed E-state index contributed by atoms with van der Waals surface area (Å²) in [5.74, 6) is 0. The fourth-order valence-electron chi connectivity index (χ4n) is 0. The Hall–Kier alpha value is 1.06. The molecule has 0 bridgehead atoms. The molecule has 0 aromatic rings. The molecule has 0 aliphatic carbocycles. The standard InChI is InChI=1S/CHBrCl2/c2-1(3)4/h1H/i1+1. The van der Waals surface area contributed by atoms with Crippen molar-refractivity contribution in [2.75, 3.05) is 0 Å². The maximum Gasteiger partial charge on any atom is 0.162 e. The summed E-state index contributed by atoms with van der Waals surface area (Å²) < 4.78 is -0.410. The topological polar surface area (TPSA) is 0 Å². The van der Waals surface area contributed by atoms with Crippen LogP contribution < -0.4 is 0 Å². The van der Waals surface area contributed by atoms with Crippen molar-refractivity contribution in [1.82, 2.24) is 0 Å². The normalized spacial score (nSPS) is 9.00. The molecule has 0 saturated carbocycles. The lowest BCUT2D eigenvalue weighted by molar-refractivity contribution is 2.06. The van der Waals surface area contributed by atoms with Gasteiger partial charge in [-0.1, -0.05) is 39.1 Å². The Kier molecular flexibility index (Phi) is 2.92. The molecule has 0 aromatic heterocycles. The van der Waals surface area contributed by atoms with Crippen LogP contribution in [0.3, 0.4) is 0 Å². The molecule has 0 atom stereocenters. The minimum Gasteiger partial charge on any atom is -0.0926 e. The van der Waals surface area contributed by atoms with Gasteiger partial charge in [0, 0.05) is 0 Å². The summed E-state index contributed by atoms with van der Waals surface area (Å²) in [6, 6.07) is 0. The van der Waals surface area contributed by atoms with E-state index in [-0.39, 0.29) is 0 Å². The molecule has 0 saturated heterocycles. The number of hydrogen-bond donors (Lipinski definition) is 0. The molecule has 0 rings (SSSR count). The first-order chi connectivity index (χ1) is 1.73. The van der Waals surface area contributed by atoms with Crippen LogP contribution in [0.15, 0.2) is 0 Å². The average Bonchev–Trinajstić information content (AvgIpc) is 0.811. The fourth-order valence-corrected chi connectivity index (χ4v) is 0. The Morgan fingerprint density at radius 1 is 1.50 bits per heavy atom. The van der Waals surface area contributed by atoms with Crippen LogP contribution in [0.1, 0.15) is 0 Å². The zero-order valence-corrected chi connectivity index (χ0v) is 4.81. The molecule has 0 radical (unpaired) electrons. The summed E-state index contributed by atoms with van der Waals surface area (Å²) in [4.78, 5) is 0. The Morgan fingerprint density at radius 3 is 1.50 bits per heavy atom. The largest absolute Gasteiger partial charge is 0.162 e. The van der Waals surface area contributed by atoms with Crippen LogP contribution in [0, 0.1) is 0 Å². The molecule has 0 spiro atoms. The van der Waals surface area contributed by atoms with E-state index in [0.717, 1.165) is 0 Å². The SMILES string of the molecule is Cl[13CH](Cl)Br. The van der Waals surface area contributed by atoms with Crippen LogP contribution in [0.2, 0.25) is 0 Å². The van der Waals surface area contributed by atoms with Crippen molar-refractivity contribution >= 4 is 39.1 Å². The first kappa shape index (κ1) is 5.06. The van der Waals surface area contributed by atoms with Crippen molar-refractivity contribution in [1.29, 1.82) is 0 Å². The molecule has 0 amide bonds. The summed E-state index contributed by atoms with van der Waals surface area (Å²) in [5.41, 5.74) is 0. The van der Waals surface area contributed by atoms with E-state index in [1.54, 1.807) is 0 Å². The van der Waals surface area contributed by atoms with E-state index < -0.39 is 3.75 Å². The second-order valence-electron chi connectivity index (χ2n) is 0.247. The smallest absolute Gasteiger partial charge is 0.0926 e. The van der Waals surface area contributed by atoms with Crippen molar-refractivity contribution < 1.29 is 0 Å². The highest BCUT2D eigenvalue weighted by Gasteiger charge is 1.78. The lowest BCUT2D eigenvalue weighted by Crippen LogP contribution is -1.53. The molecule has 0 aromatic carbocycles. The molecule has 0 unspecified atom stereocenters. The van der Waals surface area contributed by atoms with E-state index in [1.807, 2.05) is 0 Å². The third-order valence-electron chi connectivity index (χ3n) is 0. The zero-order chi connectivity index (χ0) is 3.58. The number of hydrogen-bond acceptors (Lipinski definition) is 0. The average molecular weight is 165 g/mol. The Morgan fingerprint density at radius 2 is 1.50 bits per heavy atom. The van der Waals surface area contributed by atoms with E-state index in [0.29, 0.717) is 0 Å². The van der Waals surface area contributed by atoms with Gasteiger partial charge in [0.2, 0.25) is 0 Å². The van der Waals surface area contributed by atoms with Crippen molar-refractivity contribution in [3.63, 3.8) is 0 Å². The van der Waals surface area contributed by atoms with E-state index in [4.69, 9.17) is 23.2 Å². The van der Waals surface area contributed by atoms with Crippen molar-refractivity contribution in [2.45, 2.75) is 3.75 Å². The summed E-state index contributed by atoms with van der Waals surface area (Å²) in [7, 11) is 0. The number of alkyl halides is 3. The second kappa shape index (κ2) is 2.31. The van der Waals surface area contributed by atoms with E-state index in [2.05, 4.69) is 15.9 Å². The van der Waals surface area contributed by atoms with Gasteiger partial charge in [0.05, 0.1) is 0 Å². The van der Waals surface area contributed by atoms with Crippen molar-refractivity contribution in [3.05, 3.63) is 0 Å². The monoisotopic (exact) mass is 163 g/mol. The van der Waals surface area contributed by atoms with Crippen LogP contribution in [0.25, 0.3) is 0 Å². The molecule has 0 heterocycles. The van der Waals surface area contributed by atoms with Gasteiger partial charge in [0.1, 0.15) is 0 Å². The number of rotatable bonds is 0. The van der Waals surface area contributed by atoms with Gasteiger partial charge >= 0.3 is 0 Å². The molecule has 3 heteroatoms. The summed E-state index contributed by atoms with van der Waals surface area (Å²) in [5, 5.41) is 0. The molecular formula is CHBrCl2. The van der Waals surface area contributed by atoms with Crippen molar-refractivity contribution in [2.24, 2.45) is 0 Å². The molecule has 0 aliphatic rings. The molecule has 0 nitrogen and oxygen atoms in total. The molecule has 26 valence electrons. The molecular weight excluding hydrogens is 164 g/mol. The number of halogens is 3. The molecule has 0 aliphatic heterocycles. The zero-order valence-electron chi connectivity index (χ0n) is 1.71. The molecule has 0 N–H and O–H groups in total. The Bertz CT molecular complexity index is 10.8. The van der Waals surface area contributed by atoms with Crippen LogP contribution >= 0.6 is 39.1 Å². The third-order valence-corrected chi connectivity index (χ3v) is 0. The Balaban J connectivity index is 2.32. The van der Waals surface area contributed by atoms with Gasteiger partial charge < -0.3 is 0 Å². The highest BCUT2D eigenvalue weighted by Crippen LogP contribution is 2.07. The van der Waals surface area contributed by atoms with Gasteiger partial charge in [-0.05, 0) is 0 Å². The van der Waals surface area contributed by atoms with E-state index >= 15 is 0 Å². The highest BCUT2D eigenvalue weighted by atomic mass is 79.9.